The van der Waals surface area contributed by atoms with Gasteiger partial charge in [0, 0.05) is 6.42 Å². The summed E-state index contributed by atoms with van der Waals surface area (Å²) >= 11 is 0. The van der Waals surface area contributed by atoms with Crippen LogP contribution in [0.3, 0.4) is 0 Å². The van der Waals surface area contributed by atoms with E-state index >= 15 is 0 Å². The molecule has 6 nitrogen and oxygen atoms in total. The van der Waals surface area contributed by atoms with Gasteiger partial charge in [-0.25, -0.2) is 0 Å². The SMILES string of the molecule is CCCCCCCC/C=C/CCCCCCCC(CC(=O)NC(CO)C(O)CCCCCCCCCCCCCCC)OC(=O)CCCCCCCCCCCC. The fourth-order valence-corrected chi connectivity index (χ4v) is 7.96. The summed E-state index contributed by atoms with van der Waals surface area (Å²) in [4.78, 5) is 26.1. The summed E-state index contributed by atoms with van der Waals surface area (Å²) in [7, 11) is 0. The van der Waals surface area contributed by atoms with Crippen LogP contribution in [0, 0.1) is 0 Å². The van der Waals surface area contributed by atoms with Crippen molar-refractivity contribution < 1.29 is 24.5 Å². The lowest BCUT2D eigenvalue weighted by atomic mass is 10.0. The number of ether oxygens (including phenoxy) is 1. The van der Waals surface area contributed by atoms with Crippen molar-refractivity contribution in [2.45, 2.75) is 296 Å². The zero-order valence-electron chi connectivity index (χ0n) is 38.5. The number of rotatable bonds is 46. The van der Waals surface area contributed by atoms with Crippen molar-refractivity contribution in [3.63, 3.8) is 0 Å². The van der Waals surface area contributed by atoms with Crippen molar-refractivity contribution in [3.8, 4) is 0 Å². The minimum Gasteiger partial charge on any atom is -0.462 e. The lowest BCUT2D eigenvalue weighted by Crippen LogP contribution is -2.46. The van der Waals surface area contributed by atoms with Crippen molar-refractivity contribution in [2.75, 3.05) is 6.61 Å². The van der Waals surface area contributed by atoms with E-state index in [1.165, 1.54) is 173 Å². The number of hydrogen-bond acceptors (Lipinski definition) is 5. The van der Waals surface area contributed by atoms with Gasteiger partial charge in [-0.3, -0.25) is 9.59 Å². The maximum Gasteiger partial charge on any atom is 0.306 e. The van der Waals surface area contributed by atoms with Gasteiger partial charge in [0.2, 0.25) is 5.91 Å². The van der Waals surface area contributed by atoms with Gasteiger partial charge < -0.3 is 20.3 Å². The lowest BCUT2D eigenvalue weighted by molar-refractivity contribution is -0.151. The van der Waals surface area contributed by atoms with Gasteiger partial charge in [0.15, 0.2) is 0 Å². The number of carbonyl (C=O) groups excluding carboxylic acids is 2. The normalized spacial score (nSPS) is 13.3. The second kappa shape index (κ2) is 45.7. The number of allylic oxidation sites excluding steroid dienone is 2. The van der Waals surface area contributed by atoms with E-state index < -0.39 is 18.2 Å². The van der Waals surface area contributed by atoms with E-state index in [0.717, 1.165) is 57.8 Å². The summed E-state index contributed by atoms with van der Waals surface area (Å²) in [5.41, 5.74) is 0. The fourth-order valence-electron chi connectivity index (χ4n) is 7.96. The maximum atomic E-state index is 13.2. The van der Waals surface area contributed by atoms with E-state index in [4.69, 9.17) is 4.74 Å². The van der Waals surface area contributed by atoms with E-state index in [1.54, 1.807) is 0 Å². The van der Waals surface area contributed by atoms with Crippen molar-refractivity contribution in [1.29, 1.82) is 0 Å². The van der Waals surface area contributed by atoms with E-state index in [1.807, 2.05) is 0 Å². The second-order valence-electron chi connectivity index (χ2n) is 17.6. The number of esters is 1. The number of nitrogens with one attached hydrogen (secondary N) is 1. The quantitative estimate of drug-likeness (QED) is 0.0323. The summed E-state index contributed by atoms with van der Waals surface area (Å²) in [6.45, 7) is 6.48. The predicted octanol–water partition coefficient (Wildman–Crippen LogP) is 15.0. The molecule has 3 N–H and O–H groups in total. The molecule has 0 spiro atoms. The highest BCUT2D eigenvalue weighted by atomic mass is 16.5. The summed E-state index contributed by atoms with van der Waals surface area (Å²) < 4.78 is 5.92. The Morgan fingerprint density at radius 3 is 1.25 bits per heavy atom. The molecular weight excluding hydrogens is 707 g/mol. The molecule has 0 aromatic carbocycles. The van der Waals surface area contributed by atoms with Crippen molar-refractivity contribution >= 4 is 11.9 Å². The highest BCUT2D eigenvalue weighted by Gasteiger charge is 2.24. The minimum absolute atomic E-state index is 0.0785. The number of hydrogen-bond donors (Lipinski definition) is 3. The predicted molar refractivity (Wildman–Crippen MR) is 246 cm³/mol. The molecule has 0 aromatic heterocycles. The van der Waals surface area contributed by atoms with Crippen LogP contribution in [0.25, 0.3) is 0 Å². The second-order valence-corrected chi connectivity index (χ2v) is 17.6. The molecule has 3 unspecified atom stereocenters. The molecular formula is C51H99NO5. The van der Waals surface area contributed by atoms with E-state index in [-0.39, 0.29) is 24.9 Å². The van der Waals surface area contributed by atoms with Crippen molar-refractivity contribution in [2.24, 2.45) is 0 Å². The van der Waals surface area contributed by atoms with Crippen LogP contribution in [-0.4, -0.2) is 46.9 Å². The Hall–Kier alpha value is -1.40. The molecule has 0 radical (unpaired) electrons. The number of carbonyl (C=O) groups is 2. The standard InChI is InChI=1S/C51H99NO5/c1-4-7-10-13-16-19-22-24-25-27-28-30-33-36-39-42-47(57-51(56)44-41-38-35-32-21-18-15-12-9-6-3)45-50(55)52-48(46-53)49(54)43-40-37-34-31-29-26-23-20-17-14-11-8-5-2/h24-25,47-49,53-54H,4-23,26-46H2,1-3H3,(H,52,55)/b25-24+. The van der Waals surface area contributed by atoms with Gasteiger partial charge in [0.05, 0.1) is 25.2 Å². The van der Waals surface area contributed by atoms with Gasteiger partial charge in [-0.2, -0.15) is 0 Å². The third-order valence-corrected chi connectivity index (χ3v) is 11.8. The van der Waals surface area contributed by atoms with Crippen molar-refractivity contribution in [1.82, 2.24) is 5.32 Å². The average Bonchev–Trinajstić information content (AvgIpc) is 3.20. The molecule has 0 bridgehead atoms. The molecule has 0 saturated heterocycles. The van der Waals surface area contributed by atoms with Gasteiger partial charge in [-0.05, 0) is 51.4 Å². The third-order valence-electron chi connectivity index (χ3n) is 11.8. The monoisotopic (exact) mass is 806 g/mol. The Kier molecular flexibility index (Phi) is 44.6. The number of amides is 1. The minimum atomic E-state index is -0.783. The first kappa shape index (κ1) is 55.6. The van der Waals surface area contributed by atoms with Crippen LogP contribution in [0.1, 0.15) is 278 Å². The van der Waals surface area contributed by atoms with E-state index in [2.05, 4.69) is 38.2 Å². The highest BCUT2D eigenvalue weighted by molar-refractivity contribution is 5.77. The summed E-state index contributed by atoms with van der Waals surface area (Å²) in [6.07, 6.45) is 49.8. The molecule has 0 saturated carbocycles. The molecule has 0 aliphatic heterocycles. The van der Waals surface area contributed by atoms with Crippen LogP contribution in [0.5, 0.6) is 0 Å². The maximum absolute atomic E-state index is 13.2. The third kappa shape index (κ3) is 41.1. The summed E-state index contributed by atoms with van der Waals surface area (Å²) in [6, 6.07) is -0.697. The average molecular weight is 806 g/mol. The summed E-state index contributed by atoms with van der Waals surface area (Å²) in [5, 5.41) is 23.7. The first-order valence-electron chi connectivity index (χ1n) is 25.4. The van der Waals surface area contributed by atoms with Crippen LogP contribution in [0.4, 0.5) is 0 Å². The summed E-state index contributed by atoms with van der Waals surface area (Å²) in [5.74, 6) is -0.468. The molecule has 6 heteroatoms. The van der Waals surface area contributed by atoms with Gasteiger partial charge >= 0.3 is 5.97 Å². The molecule has 0 heterocycles. The van der Waals surface area contributed by atoms with Gasteiger partial charge in [-0.1, -0.05) is 226 Å². The smallest absolute Gasteiger partial charge is 0.306 e. The zero-order chi connectivity index (χ0) is 41.7. The Morgan fingerprint density at radius 1 is 0.491 bits per heavy atom. The molecule has 0 aliphatic rings. The number of aliphatic hydroxyl groups is 2. The topological polar surface area (TPSA) is 95.9 Å². The first-order chi connectivity index (χ1) is 28.0. The highest BCUT2D eigenvalue weighted by Crippen LogP contribution is 2.18. The molecule has 0 rings (SSSR count). The fraction of sp³-hybridized carbons (Fsp3) is 0.922. The van der Waals surface area contributed by atoms with Crippen LogP contribution in [0.2, 0.25) is 0 Å². The van der Waals surface area contributed by atoms with Gasteiger partial charge in [0.25, 0.3) is 0 Å². The largest absolute Gasteiger partial charge is 0.462 e. The van der Waals surface area contributed by atoms with Crippen molar-refractivity contribution in [3.05, 3.63) is 12.2 Å². The number of aliphatic hydroxyl groups excluding tert-OH is 2. The van der Waals surface area contributed by atoms with Crippen LogP contribution in [0.15, 0.2) is 12.2 Å². The number of unbranched alkanes of at least 4 members (excludes halogenated alkanes) is 32. The molecule has 0 fully saturated rings. The van der Waals surface area contributed by atoms with Crippen LogP contribution >= 0.6 is 0 Å². The molecule has 57 heavy (non-hydrogen) atoms. The first-order valence-corrected chi connectivity index (χ1v) is 25.4. The van der Waals surface area contributed by atoms with Crippen LogP contribution < -0.4 is 5.32 Å². The molecule has 1 amide bonds. The Morgan fingerprint density at radius 2 is 0.842 bits per heavy atom. The van der Waals surface area contributed by atoms with Gasteiger partial charge in [-0.15, -0.1) is 0 Å². The molecule has 3 atom stereocenters. The molecule has 0 aliphatic carbocycles. The van der Waals surface area contributed by atoms with E-state index in [0.29, 0.717) is 19.3 Å². The Bertz CT molecular complexity index is 863. The lowest BCUT2D eigenvalue weighted by Gasteiger charge is -2.24. The Balaban J connectivity index is 4.54. The molecule has 0 aromatic rings. The van der Waals surface area contributed by atoms with E-state index in [9.17, 15) is 19.8 Å². The molecule has 338 valence electrons. The van der Waals surface area contributed by atoms with Gasteiger partial charge in [0.1, 0.15) is 6.10 Å². The van der Waals surface area contributed by atoms with Crippen LogP contribution in [-0.2, 0) is 14.3 Å². The zero-order valence-corrected chi connectivity index (χ0v) is 38.5. The Labute approximate surface area is 355 Å².